The zero-order valence-electron chi connectivity index (χ0n) is 11.5. The first kappa shape index (κ1) is 14.2. The number of nitrogens with zero attached hydrogens (tertiary/aromatic N) is 1. The topological polar surface area (TPSA) is 21.7 Å². The molecule has 2 atom stereocenters. The monoisotopic (exact) mass is 245 g/mol. The number of rotatable bonds is 5. The average molecular weight is 245 g/mol. The SMILES string of the molecule is CCOC([SiH3])(OCC)N1[C@@H](C)CCC[C@@H]1C. The molecule has 1 aliphatic heterocycles. The first-order valence-electron chi connectivity index (χ1n) is 6.61. The van der Waals surface area contributed by atoms with E-state index in [1.807, 2.05) is 13.8 Å². The molecule has 0 saturated carbocycles. The summed E-state index contributed by atoms with van der Waals surface area (Å²) in [6.45, 7) is 10.1. The molecule has 1 heterocycles. The summed E-state index contributed by atoms with van der Waals surface area (Å²) in [6, 6.07) is 1.14. The van der Waals surface area contributed by atoms with Crippen molar-refractivity contribution in [3.8, 4) is 0 Å². The van der Waals surface area contributed by atoms with Crippen LogP contribution in [0.25, 0.3) is 0 Å². The zero-order valence-corrected chi connectivity index (χ0v) is 13.5. The largest absolute Gasteiger partial charge is 0.342 e. The lowest BCUT2D eigenvalue weighted by Crippen LogP contribution is -2.61. The van der Waals surface area contributed by atoms with E-state index in [2.05, 4.69) is 18.7 Å². The van der Waals surface area contributed by atoms with E-state index in [1.54, 1.807) is 0 Å². The van der Waals surface area contributed by atoms with Crippen molar-refractivity contribution in [3.05, 3.63) is 0 Å². The molecule has 0 spiro atoms. The molecule has 0 aromatic rings. The summed E-state index contributed by atoms with van der Waals surface area (Å²) in [5.74, 6) is 0. The highest BCUT2D eigenvalue weighted by Crippen LogP contribution is 2.30. The Morgan fingerprint density at radius 3 is 1.94 bits per heavy atom. The van der Waals surface area contributed by atoms with Crippen molar-refractivity contribution < 1.29 is 9.47 Å². The number of ether oxygens (including phenoxy) is 2. The quantitative estimate of drug-likeness (QED) is 0.538. The molecule has 1 fully saturated rings. The van der Waals surface area contributed by atoms with Crippen LogP contribution in [0.4, 0.5) is 0 Å². The number of likely N-dealkylation sites (tertiary alicyclic amines) is 1. The summed E-state index contributed by atoms with van der Waals surface area (Å²) < 4.78 is 11.8. The van der Waals surface area contributed by atoms with Gasteiger partial charge in [0.05, 0.1) is 10.2 Å². The normalized spacial score (nSPS) is 28.5. The van der Waals surface area contributed by atoms with Crippen LogP contribution in [0.5, 0.6) is 0 Å². The fourth-order valence-electron chi connectivity index (χ4n) is 2.95. The Morgan fingerprint density at radius 1 is 1.12 bits per heavy atom. The summed E-state index contributed by atoms with van der Waals surface area (Å²) in [5.41, 5.74) is -0.414. The molecule has 0 aromatic heterocycles. The van der Waals surface area contributed by atoms with Gasteiger partial charge in [-0.1, -0.05) is 6.42 Å². The Morgan fingerprint density at radius 2 is 1.56 bits per heavy atom. The van der Waals surface area contributed by atoms with Crippen molar-refractivity contribution in [2.75, 3.05) is 13.2 Å². The van der Waals surface area contributed by atoms with E-state index in [4.69, 9.17) is 9.47 Å². The van der Waals surface area contributed by atoms with E-state index in [9.17, 15) is 0 Å². The van der Waals surface area contributed by atoms with Gasteiger partial charge >= 0.3 is 0 Å². The van der Waals surface area contributed by atoms with Gasteiger partial charge in [0.2, 0.25) is 0 Å². The summed E-state index contributed by atoms with van der Waals surface area (Å²) in [4.78, 5) is 2.45. The lowest BCUT2D eigenvalue weighted by molar-refractivity contribution is -0.280. The molecule has 96 valence electrons. The van der Waals surface area contributed by atoms with Gasteiger partial charge < -0.3 is 9.47 Å². The standard InChI is InChI=1S/C12H27NO2Si/c1-5-14-12(16,15-6-2)13-10(3)8-7-9-11(13)4/h10-11H,5-9H2,1-4,16H3/t10-,11-/m0/s1. The maximum atomic E-state index is 5.92. The Labute approximate surface area is 103 Å². The van der Waals surface area contributed by atoms with Crippen LogP contribution in [-0.4, -0.2) is 46.0 Å². The van der Waals surface area contributed by atoms with Gasteiger partial charge in [-0.3, -0.25) is 4.90 Å². The molecule has 1 saturated heterocycles. The van der Waals surface area contributed by atoms with Crippen molar-refractivity contribution in [2.24, 2.45) is 0 Å². The van der Waals surface area contributed by atoms with Crippen LogP contribution in [0.1, 0.15) is 47.0 Å². The fourth-order valence-corrected chi connectivity index (χ4v) is 4.41. The molecule has 3 nitrogen and oxygen atoms in total. The van der Waals surface area contributed by atoms with Gasteiger partial charge in [-0.15, -0.1) is 0 Å². The van der Waals surface area contributed by atoms with Gasteiger partial charge in [0.25, 0.3) is 0 Å². The molecule has 16 heavy (non-hydrogen) atoms. The summed E-state index contributed by atoms with van der Waals surface area (Å²) in [7, 11) is 0.887. The van der Waals surface area contributed by atoms with Gasteiger partial charge in [-0.2, -0.15) is 0 Å². The molecular formula is C12H27NO2Si. The van der Waals surface area contributed by atoms with Crippen LogP contribution in [-0.2, 0) is 9.47 Å². The van der Waals surface area contributed by atoms with E-state index in [0.29, 0.717) is 12.1 Å². The average Bonchev–Trinajstić information content (AvgIpc) is 2.17. The van der Waals surface area contributed by atoms with Gasteiger partial charge in [0.1, 0.15) is 0 Å². The van der Waals surface area contributed by atoms with Gasteiger partial charge in [-0.25, -0.2) is 0 Å². The minimum Gasteiger partial charge on any atom is -0.342 e. The first-order chi connectivity index (χ1) is 7.55. The Balaban J connectivity index is 2.81. The van der Waals surface area contributed by atoms with Crippen LogP contribution in [0.15, 0.2) is 0 Å². The Kier molecular flexibility index (Phi) is 5.44. The van der Waals surface area contributed by atoms with Crippen LogP contribution in [0.3, 0.4) is 0 Å². The third kappa shape index (κ3) is 3.06. The molecule has 0 unspecified atom stereocenters. The lowest BCUT2D eigenvalue weighted by atomic mass is 9.98. The van der Waals surface area contributed by atoms with Crippen LogP contribution < -0.4 is 0 Å². The fraction of sp³-hybridized carbons (Fsp3) is 1.00. The van der Waals surface area contributed by atoms with Crippen molar-refractivity contribution in [3.63, 3.8) is 0 Å². The molecule has 0 amide bonds. The number of piperidine rings is 1. The number of hydrogen-bond acceptors (Lipinski definition) is 3. The molecule has 0 N–H and O–H groups in total. The smallest absolute Gasteiger partial charge is 0.197 e. The van der Waals surface area contributed by atoms with E-state index < -0.39 is 5.53 Å². The number of hydrogen-bond donors (Lipinski definition) is 0. The Hall–Kier alpha value is 0.0969. The predicted octanol–water partition coefficient (Wildman–Crippen LogP) is 1.30. The van der Waals surface area contributed by atoms with Crippen LogP contribution >= 0.6 is 0 Å². The minimum atomic E-state index is -0.414. The van der Waals surface area contributed by atoms with Crippen molar-refractivity contribution in [1.82, 2.24) is 4.90 Å². The second-order valence-electron chi connectivity index (χ2n) is 4.80. The van der Waals surface area contributed by atoms with E-state index in [1.165, 1.54) is 19.3 Å². The molecular weight excluding hydrogens is 218 g/mol. The predicted molar refractivity (Wildman–Crippen MR) is 70.5 cm³/mol. The maximum Gasteiger partial charge on any atom is 0.197 e. The van der Waals surface area contributed by atoms with Gasteiger partial charge in [-0.05, 0) is 40.5 Å². The summed E-state index contributed by atoms with van der Waals surface area (Å²) >= 11 is 0. The summed E-state index contributed by atoms with van der Waals surface area (Å²) in [5, 5.41) is 0. The minimum absolute atomic E-state index is 0.414. The second-order valence-corrected chi connectivity index (χ2v) is 6.06. The van der Waals surface area contributed by atoms with E-state index in [0.717, 1.165) is 23.5 Å². The van der Waals surface area contributed by atoms with Gasteiger partial charge in [0.15, 0.2) is 5.53 Å². The van der Waals surface area contributed by atoms with E-state index >= 15 is 0 Å². The zero-order chi connectivity index (χ0) is 12.2. The van der Waals surface area contributed by atoms with E-state index in [-0.39, 0.29) is 0 Å². The second kappa shape index (κ2) is 6.14. The Bertz CT molecular complexity index is 197. The molecule has 0 bridgehead atoms. The molecule has 4 heteroatoms. The van der Waals surface area contributed by atoms with Crippen LogP contribution in [0.2, 0.25) is 0 Å². The first-order valence-corrected chi connectivity index (χ1v) is 7.61. The molecule has 1 rings (SSSR count). The highest BCUT2D eigenvalue weighted by atomic mass is 28.1. The van der Waals surface area contributed by atoms with Crippen molar-refractivity contribution in [2.45, 2.75) is 64.6 Å². The third-order valence-corrected chi connectivity index (χ3v) is 4.58. The third-order valence-electron chi connectivity index (χ3n) is 3.49. The highest BCUT2D eigenvalue weighted by molar-refractivity contribution is 6.13. The van der Waals surface area contributed by atoms with Crippen LogP contribution in [0, 0.1) is 0 Å². The maximum absolute atomic E-state index is 5.92. The summed E-state index contributed by atoms with van der Waals surface area (Å²) in [6.07, 6.45) is 3.84. The highest BCUT2D eigenvalue weighted by Gasteiger charge is 2.40. The molecule has 0 aromatic carbocycles. The molecule has 0 aliphatic carbocycles. The van der Waals surface area contributed by atoms with Gasteiger partial charge in [0, 0.05) is 25.3 Å². The molecule has 0 radical (unpaired) electrons. The van der Waals surface area contributed by atoms with Crippen molar-refractivity contribution >= 4 is 10.2 Å². The molecule has 1 aliphatic rings. The van der Waals surface area contributed by atoms with Crippen molar-refractivity contribution in [1.29, 1.82) is 0 Å². The lowest BCUT2D eigenvalue weighted by Gasteiger charge is -2.49.